The summed E-state index contributed by atoms with van der Waals surface area (Å²) in [6.45, 7) is 0.368. The summed E-state index contributed by atoms with van der Waals surface area (Å²) in [5.74, 6) is 0.0675. The molecule has 1 aliphatic rings. The predicted molar refractivity (Wildman–Crippen MR) is 157 cm³/mol. The molecule has 0 bridgehead atoms. The van der Waals surface area contributed by atoms with Crippen molar-refractivity contribution >= 4 is 33.4 Å². The van der Waals surface area contributed by atoms with E-state index in [1.807, 2.05) is 59.2 Å². The lowest BCUT2D eigenvalue weighted by molar-refractivity contribution is 0.0919. The molecule has 4 N–H and O–H groups in total. The van der Waals surface area contributed by atoms with Crippen LogP contribution in [0.15, 0.2) is 84.9 Å². The zero-order chi connectivity index (χ0) is 27.6. The number of aromatic nitrogens is 1. The minimum atomic E-state index is -0.438. The molecule has 40 heavy (non-hydrogen) atoms. The van der Waals surface area contributed by atoms with Crippen molar-refractivity contribution < 1.29 is 13.9 Å². The molecule has 7 heteroatoms. The van der Waals surface area contributed by atoms with E-state index in [0.717, 1.165) is 52.9 Å². The number of carbonyl (C=O) groups is 1. The van der Waals surface area contributed by atoms with E-state index in [-0.39, 0.29) is 23.5 Å². The van der Waals surface area contributed by atoms with E-state index in [4.69, 9.17) is 15.9 Å². The standard InChI is InChI=1S/C33H31FN4O2/c34-28-12-6-7-13-31(28)40-26-16-21-8-4-5-11-27(21)24(17-26)20-38-29-19-23(32(35)36)15-14-22(29)18-30(38)33(39)37-25-9-2-1-3-10-25/h4-8,11-19,25H,1-3,9-10,20H2,(H3,35,36)(H,37,39). The highest BCUT2D eigenvalue weighted by atomic mass is 19.1. The number of amides is 1. The second-order valence-electron chi connectivity index (χ2n) is 10.4. The SMILES string of the molecule is N=C(N)c1ccc2cc(C(=O)NC3CCCCC3)n(Cc3cc(Oc4ccccc4F)cc4ccccc34)c2c1. The second kappa shape index (κ2) is 10.8. The van der Waals surface area contributed by atoms with E-state index in [0.29, 0.717) is 23.6 Å². The summed E-state index contributed by atoms with van der Waals surface area (Å²) >= 11 is 0. The molecular formula is C33H31FN4O2. The molecule has 1 saturated carbocycles. The summed E-state index contributed by atoms with van der Waals surface area (Å²) in [6.07, 6.45) is 5.42. The normalized spacial score (nSPS) is 13.9. The lowest BCUT2D eigenvalue weighted by Crippen LogP contribution is -2.37. The molecule has 4 aromatic carbocycles. The van der Waals surface area contributed by atoms with Crippen LogP contribution in [0, 0.1) is 11.2 Å². The molecule has 5 aromatic rings. The molecule has 0 unspecified atom stereocenters. The molecular weight excluding hydrogens is 503 g/mol. The number of nitrogens with one attached hydrogen (secondary N) is 2. The number of benzene rings is 4. The number of nitrogens with zero attached hydrogens (tertiary/aromatic N) is 1. The summed E-state index contributed by atoms with van der Waals surface area (Å²) in [6, 6.07) is 25.7. The monoisotopic (exact) mass is 534 g/mol. The average molecular weight is 535 g/mol. The molecule has 1 fully saturated rings. The van der Waals surface area contributed by atoms with Crippen LogP contribution >= 0.6 is 0 Å². The average Bonchev–Trinajstić information content (AvgIpc) is 3.32. The number of ether oxygens (including phenoxy) is 1. The van der Waals surface area contributed by atoms with Crippen molar-refractivity contribution in [3.63, 3.8) is 0 Å². The largest absolute Gasteiger partial charge is 0.454 e. The van der Waals surface area contributed by atoms with Gasteiger partial charge in [-0.2, -0.15) is 0 Å². The minimum absolute atomic E-state index is 0.0337. The van der Waals surface area contributed by atoms with Crippen molar-refractivity contribution in [2.75, 3.05) is 0 Å². The Hall–Kier alpha value is -4.65. The number of fused-ring (bicyclic) bond motifs is 2. The van der Waals surface area contributed by atoms with Gasteiger partial charge in [-0.1, -0.05) is 67.8 Å². The van der Waals surface area contributed by atoms with E-state index in [1.165, 1.54) is 12.5 Å². The maximum absolute atomic E-state index is 14.4. The van der Waals surface area contributed by atoms with Crippen molar-refractivity contribution in [3.8, 4) is 11.5 Å². The first-order valence-corrected chi connectivity index (χ1v) is 13.7. The van der Waals surface area contributed by atoms with Crippen LogP contribution in [-0.4, -0.2) is 22.4 Å². The van der Waals surface area contributed by atoms with Crippen molar-refractivity contribution in [2.24, 2.45) is 5.73 Å². The third-order valence-electron chi connectivity index (χ3n) is 7.70. The fraction of sp³-hybridized carbons (Fsp3) is 0.212. The van der Waals surface area contributed by atoms with Crippen molar-refractivity contribution in [3.05, 3.63) is 108 Å². The van der Waals surface area contributed by atoms with E-state index in [2.05, 4.69) is 5.32 Å². The Morgan fingerprint density at radius 2 is 1.73 bits per heavy atom. The molecule has 1 amide bonds. The zero-order valence-corrected chi connectivity index (χ0v) is 22.1. The number of hydrogen-bond donors (Lipinski definition) is 3. The number of nitrogens with two attached hydrogens (primary N) is 1. The van der Waals surface area contributed by atoms with Gasteiger partial charge in [0.1, 0.15) is 17.3 Å². The van der Waals surface area contributed by atoms with Crippen LogP contribution in [-0.2, 0) is 6.54 Å². The number of amidine groups is 1. The number of rotatable bonds is 7. The summed E-state index contributed by atoms with van der Waals surface area (Å²) in [5, 5.41) is 14.1. The van der Waals surface area contributed by atoms with Crippen molar-refractivity contribution in [2.45, 2.75) is 44.7 Å². The Morgan fingerprint density at radius 3 is 2.52 bits per heavy atom. The van der Waals surface area contributed by atoms with E-state index < -0.39 is 5.82 Å². The highest BCUT2D eigenvalue weighted by Gasteiger charge is 2.22. The van der Waals surface area contributed by atoms with Gasteiger partial charge < -0.3 is 20.4 Å². The number of nitrogen functional groups attached to an aromatic ring is 1. The molecule has 0 aliphatic heterocycles. The van der Waals surface area contributed by atoms with Gasteiger partial charge in [0.2, 0.25) is 0 Å². The van der Waals surface area contributed by atoms with Gasteiger partial charge in [-0.15, -0.1) is 0 Å². The number of para-hydroxylation sites is 1. The van der Waals surface area contributed by atoms with E-state index in [1.54, 1.807) is 24.3 Å². The third-order valence-corrected chi connectivity index (χ3v) is 7.70. The predicted octanol–water partition coefficient (Wildman–Crippen LogP) is 7.12. The van der Waals surface area contributed by atoms with Crippen LogP contribution in [0.3, 0.4) is 0 Å². The highest BCUT2D eigenvalue weighted by Crippen LogP contribution is 2.32. The quantitative estimate of drug-likeness (QED) is 0.153. The lowest BCUT2D eigenvalue weighted by Gasteiger charge is -2.23. The highest BCUT2D eigenvalue weighted by molar-refractivity contribution is 6.02. The van der Waals surface area contributed by atoms with Gasteiger partial charge in [0.25, 0.3) is 5.91 Å². The molecule has 0 radical (unpaired) electrons. The van der Waals surface area contributed by atoms with Crippen LogP contribution in [0.25, 0.3) is 21.7 Å². The van der Waals surface area contributed by atoms with Crippen LogP contribution in [0.4, 0.5) is 4.39 Å². The fourth-order valence-corrected chi connectivity index (χ4v) is 5.66. The maximum Gasteiger partial charge on any atom is 0.268 e. The Labute approximate surface area is 232 Å². The van der Waals surface area contributed by atoms with Crippen LogP contribution in [0.5, 0.6) is 11.5 Å². The Bertz CT molecular complexity index is 1740. The zero-order valence-electron chi connectivity index (χ0n) is 22.1. The Balaban J connectivity index is 1.45. The van der Waals surface area contributed by atoms with Gasteiger partial charge in [0, 0.05) is 29.1 Å². The van der Waals surface area contributed by atoms with E-state index >= 15 is 0 Å². The Kier molecular flexibility index (Phi) is 6.95. The molecule has 1 aliphatic carbocycles. The minimum Gasteiger partial charge on any atom is -0.454 e. The fourth-order valence-electron chi connectivity index (χ4n) is 5.66. The topological polar surface area (TPSA) is 93.1 Å². The van der Waals surface area contributed by atoms with Gasteiger partial charge in [-0.25, -0.2) is 4.39 Å². The molecule has 202 valence electrons. The van der Waals surface area contributed by atoms with Gasteiger partial charge in [-0.05, 0) is 65.6 Å². The second-order valence-corrected chi connectivity index (χ2v) is 10.4. The number of halogens is 1. The summed E-state index contributed by atoms with van der Waals surface area (Å²) in [4.78, 5) is 13.7. The van der Waals surface area contributed by atoms with Crippen LogP contribution in [0.2, 0.25) is 0 Å². The molecule has 0 saturated heterocycles. The smallest absolute Gasteiger partial charge is 0.268 e. The number of hydrogen-bond acceptors (Lipinski definition) is 3. The molecule has 1 heterocycles. The van der Waals surface area contributed by atoms with Crippen LogP contribution < -0.4 is 15.8 Å². The first kappa shape index (κ1) is 25.6. The summed E-state index contributed by atoms with van der Waals surface area (Å²) in [7, 11) is 0. The van der Waals surface area contributed by atoms with Gasteiger partial charge in [0.05, 0.1) is 0 Å². The first-order valence-electron chi connectivity index (χ1n) is 13.7. The Morgan fingerprint density at radius 1 is 0.950 bits per heavy atom. The van der Waals surface area contributed by atoms with Crippen molar-refractivity contribution in [1.82, 2.24) is 9.88 Å². The summed E-state index contributed by atoms with van der Waals surface area (Å²) < 4.78 is 22.4. The first-order chi connectivity index (χ1) is 19.5. The van der Waals surface area contributed by atoms with Gasteiger partial charge in [0.15, 0.2) is 11.6 Å². The molecule has 6 nitrogen and oxygen atoms in total. The third kappa shape index (κ3) is 5.15. The maximum atomic E-state index is 14.4. The molecule has 0 spiro atoms. The lowest BCUT2D eigenvalue weighted by atomic mass is 9.95. The molecule has 0 atom stereocenters. The number of carbonyl (C=O) groups excluding carboxylic acids is 1. The van der Waals surface area contributed by atoms with Gasteiger partial charge >= 0.3 is 0 Å². The van der Waals surface area contributed by atoms with Crippen LogP contribution in [0.1, 0.15) is 53.7 Å². The summed E-state index contributed by atoms with van der Waals surface area (Å²) in [5.41, 5.74) is 8.69. The molecule has 6 rings (SSSR count). The van der Waals surface area contributed by atoms with Crippen molar-refractivity contribution in [1.29, 1.82) is 5.41 Å². The molecule has 1 aromatic heterocycles. The van der Waals surface area contributed by atoms with E-state index in [9.17, 15) is 9.18 Å². The van der Waals surface area contributed by atoms with Gasteiger partial charge in [-0.3, -0.25) is 10.2 Å².